The number of carbonyl (C=O) groups excluding carboxylic acids is 2. The predicted octanol–water partition coefficient (Wildman–Crippen LogP) is 3.36. The summed E-state index contributed by atoms with van der Waals surface area (Å²) in [6, 6.07) is 15.4. The predicted molar refractivity (Wildman–Crippen MR) is 126 cm³/mol. The highest BCUT2D eigenvalue weighted by Crippen LogP contribution is 2.30. The number of benzene rings is 2. The van der Waals surface area contributed by atoms with Crippen molar-refractivity contribution < 1.29 is 24.2 Å². The lowest BCUT2D eigenvalue weighted by molar-refractivity contribution is 0.0533. The van der Waals surface area contributed by atoms with Crippen molar-refractivity contribution >= 4 is 11.8 Å². The first kappa shape index (κ1) is 23.1. The van der Waals surface area contributed by atoms with Crippen LogP contribution in [0.25, 0.3) is 0 Å². The number of carbonyl (C=O) groups is 2. The fourth-order valence-corrected chi connectivity index (χ4v) is 3.79. The highest BCUT2D eigenvalue weighted by atomic mass is 16.5. The smallest absolute Gasteiger partial charge is 0.257 e. The number of pyridine rings is 1. The molecule has 34 heavy (non-hydrogen) atoms. The molecule has 0 bridgehead atoms. The quantitative estimate of drug-likeness (QED) is 0.580. The first-order valence-corrected chi connectivity index (χ1v) is 11.2. The van der Waals surface area contributed by atoms with Crippen LogP contribution in [0, 0.1) is 0 Å². The molecule has 2 amide bonds. The van der Waals surface area contributed by atoms with E-state index in [0.29, 0.717) is 56.5 Å². The Balaban J connectivity index is 1.40. The van der Waals surface area contributed by atoms with E-state index in [1.54, 1.807) is 58.6 Å². The van der Waals surface area contributed by atoms with Gasteiger partial charge in [0, 0.05) is 44.1 Å². The molecule has 1 N–H and O–H groups in total. The Kier molecular flexibility index (Phi) is 7.27. The number of piperazine rings is 1. The Morgan fingerprint density at radius 3 is 2.24 bits per heavy atom. The summed E-state index contributed by atoms with van der Waals surface area (Å²) in [6.45, 7) is 4.28. The van der Waals surface area contributed by atoms with Gasteiger partial charge in [0.05, 0.1) is 12.2 Å². The third-order valence-corrected chi connectivity index (χ3v) is 5.62. The van der Waals surface area contributed by atoms with Crippen molar-refractivity contribution in [2.45, 2.75) is 13.5 Å². The molecule has 1 saturated heterocycles. The lowest BCUT2D eigenvalue weighted by atomic mass is 10.1. The van der Waals surface area contributed by atoms with Gasteiger partial charge in [-0.05, 0) is 55.0 Å². The molecule has 1 aromatic heterocycles. The summed E-state index contributed by atoms with van der Waals surface area (Å²) in [7, 11) is 0. The van der Waals surface area contributed by atoms with E-state index in [-0.39, 0.29) is 23.1 Å². The molecule has 3 aromatic rings. The molecule has 2 aromatic carbocycles. The molecule has 1 fully saturated rings. The molecule has 4 rings (SSSR count). The van der Waals surface area contributed by atoms with Crippen molar-refractivity contribution in [3.63, 3.8) is 0 Å². The van der Waals surface area contributed by atoms with Crippen LogP contribution in [0.15, 0.2) is 67.0 Å². The maximum absolute atomic E-state index is 13.1. The molecular formula is C26H27N3O5. The summed E-state index contributed by atoms with van der Waals surface area (Å²) in [4.78, 5) is 33.2. The molecule has 1 aliphatic heterocycles. The summed E-state index contributed by atoms with van der Waals surface area (Å²) < 4.78 is 11.6. The average Bonchev–Trinajstić information content (AvgIpc) is 2.88. The third kappa shape index (κ3) is 5.28. The van der Waals surface area contributed by atoms with Gasteiger partial charge in [0.2, 0.25) is 0 Å². The number of hydrogen-bond acceptors (Lipinski definition) is 6. The molecule has 2 heterocycles. The van der Waals surface area contributed by atoms with E-state index in [9.17, 15) is 14.7 Å². The van der Waals surface area contributed by atoms with Gasteiger partial charge in [0.25, 0.3) is 11.8 Å². The van der Waals surface area contributed by atoms with Crippen molar-refractivity contribution in [2.75, 3.05) is 32.8 Å². The number of ether oxygens (including phenoxy) is 2. The normalized spacial score (nSPS) is 13.4. The Hall–Kier alpha value is -4.07. The zero-order valence-corrected chi connectivity index (χ0v) is 19.0. The van der Waals surface area contributed by atoms with Crippen LogP contribution in [-0.4, -0.2) is 64.5 Å². The minimum absolute atomic E-state index is 0.0410. The van der Waals surface area contributed by atoms with Crippen LogP contribution in [0.4, 0.5) is 0 Å². The maximum Gasteiger partial charge on any atom is 0.257 e. The number of para-hydroxylation sites is 1. The Bertz CT molecular complexity index is 1140. The second kappa shape index (κ2) is 10.7. The number of amides is 2. The SMILES string of the molecule is CCOc1cc(C(=O)N2CCN(C(=O)c3ccccc3O)CC2)ccc1OCc1ccncc1. The zero-order chi connectivity index (χ0) is 23.9. The maximum atomic E-state index is 13.1. The highest BCUT2D eigenvalue weighted by Gasteiger charge is 2.27. The van der Waals surface area contributed by atoms with Crippen LogP contribution < -0.4 is 9.47 Å². The lowest BCUT2D eigenvalue weighted by Gasteiger charge is -2.35. The van der Waals surface area contributed by atoms with Crippen molar-refractivity contribution in [1.82, 2.24) is 14.8 Å². The zero-order valence-electron chi connectivity index (χ0n) is 19.0. The molecule has 0 unspecified atom stereocenters. The Morgan fingerprint density at radius 1 is 0.882 bits per heavy atom. The number of phenolic OH excluding ortho intramolecular Hbond substituents is 1. The van der Waals surface area contributed by atoms with Gasteiger partial charge >= 0.3 is 0 Å². The third-order valence-electron chi connectivity index (χ3n) is 5.62. The van der Waals surface area contributed by atoms with Crippen molar-refractivity contribution in [2.24, 2.45) is 0 Å². The average molecular weight is 462 g/mol. The molecule has 176 valence electrons. The van der Waals surface area contributed by atoms with Crippen LogP contribution in [0.1, 0.15) is 33.2 Å². The number of aromatic nitrogens is 1. The number of hydrogen-bond donors (Lipinski definition) is 1. The van der Waals surface area contributed by atoms with Gasteiger partial charge in [0.15, 0.2) is 11.5 Å². The fourth-order valence-electron chi connectivity index (χ4n) is 3.79. The van der Waals surface area contributed by atoms with Gasteiger partial charge in [0.1, 0.15) is 12.4 Å². The molecule has 8 nitrogen and oxygen atoms in total. The first-order valence-electron chi connectivity index (χ1n) is 11.2. The van der Waals surface area contributed by atoms with Crippen LogP contribution >= 0.6 is 0 Å². The second-order valence-electron chi connectivity index (χ2n) is 7.84. The number of aromatic hydroxyl groups is 1. The van der Waals surface area contributed by atoms with E-state index in [4.69, 9.17) is 9.47 Å². The standard InChI is InChI=1S/C26H27N3O5/c1-2-33-24-17-20(7-8-23(24)34-18-19-9-11-27-12-10-19)25(31)28-13-15-29(16-14-28)26(32)21-5-3-4-6-22(21)30/h3-12,17,30H,2,13-16,18H2,1H3. The molecule has 8 heteroatoms. The van der Waals surface area contributed by atoms with Crippen LogP contribution in [0.2, 0.25) is 0 Å². The summed E-state index contributed by atoms with van der Waals surface area (Å²) in [6.07, 6.45) is 3.42. The Morgan fingerprint density at radius 2 is 1.56 bits per heavy atom. The molecule has 1 aliphatic rings. The molecule has 0 atom stereocenters. The van der Waals surface area contributed by atoms with Gasteiger partial charge in [-0.1, -0.05) is 12.1 Å². The monoisotopic (exact) mass is 461 g/mol. The van der Waals surface area contributed by atoms with E-state index in [0.717, 1.165) is 5.56 Å². The van der Waals surface area contributed by atoms with Crippen LogP contribution in [0.3, 0.4) is 0 Å². The van der Waals surface area contributed by atoms with Gasteiger partial charge in [-0.3, -0.25) is 14.6 Å². The van der Waals surface area contributed by atoms with Crippen LogP contribution in [-0.2, 0) is 6.61 Å². The lowest BCUT2D eigenvalue weighted by Crippen LogP contribution is -2.50. The van der Waals surface area contributed by atoms with Crippen LogP contribution in [0.5, 0.6) is 17.2 Å². The van der Waals surface area contributed by atoms with Gasteiger partial charge in [-0.2, -0.15) is 0 Å². The highest BCUT2D eigenvalue weighted by molar-refractivity contribution is 5.97. The van der Waals surface area contributed by atoms with E-state index in [1.165, 1.54) is 6.07 Å². The molecule has 0 saturated carbocycles. The van der Waals surface area contributed by atoms with E-state index in [1.807, 2.05) is 19.1 Å². The minimum Gasteiger partial charge on any atom is -0.507 e. The molecule has 0 aliphatic carbocycles. The summed E-state index contributed by atoms with van der Waals surface area (Å²) in [5, 5.41) is 9.96. The molecule has 0 spiro atoms. The molecular weight excluding hydrogens is 434 g/mol. The fraction of sp³-hybridized carbons (Fsp3) is 0.269. The number of nitrogens with zero attached hydrogens (tertiary/aromatic N) is 3. The number of rotatable bonds is 7. The minimum atomic E-state index is -0.237. The van der Waals surface area contributed by atoms with Crippen molar-refractivity contribution in [1.29, 1.82) is 0 Å². The summed E-state index contributed by atoms with van der Waals surface area (Å²) in [5.74, 6) is 0.667. The summed E-state index contributed by atoms with van der Waals surface area (Å²) in [5.41, 5.74) is 1.75. The number of phenols is 1. The van der Waals surface area contributed by atoms with Crippen molar-refractivity contribution in [3.05, 3.63) is 83.7 Å². The summed E-state index contributed by atoms with van der Waals surface area (Å²) >= 11 is 0. The second-order valence-corrected chi connectivity index (χ2v) is 7.84. The van der Waals surface area contributed by atoms with E-state index >= 15 is 0 Å². The Labute approximate surface area is 198 Å². The van der Waals surface area contributed by atoms with Crippen molar-refractivity contribution in [3.8, 4) is 17.2 Å². The van der Waals surface area contributed by atoms with Gasteiger partial charge in [-0.15, -0.1) is 0 Å². The molecule has 0 radical (unpaired) electrons. The van der Waals surface area contributed by atoms with Gasteiger partial charge < -0.3 is 24.4 Å². The van der Waals surface area contributed by atoms with E-state index in [2.05, 4.69) is 4.98 Å². The topological polar surface area (TPSA) is 92.2 Å². The van der Waals surface area contributed by atoms with E-state index < -0.39 is 0 Å². The van der Waals surface area contributed by atoms with Gasteiger partial charge in [-0.25, -0.2) is 0 Å². The first-order chi connectivity index (χ1) is 16.6. The largest absolute Gasteiger partial charge is 0.507 e.